The van der Waals surface area contributed by atoms with Crippen LogP contribution in [-0.2, 0) is 0 Å². The fraction of sp³-hybridized carbons (Fsp3) is 0.312. The summed E-state index contributed by atoms with van der Waals surface area (Å²) in [5.41, 5.74) is 2.02. The first-order chi connectivity index (χ1) is 10.7. The van der Waals surface area contributed by atoms with E-state index in [0.717, 1.165) is 25.5 Å². The molecule has 112 valence electrons. The Labute approximate surface area is 128 Å². The normalized spacial score (nSPS) is 20.2. The second kappa shape index (κ2) is 4.98. The summed E-state index contributed by atoms with van der Waals surface area (Å²) in [6.07, 6.45) is 5.55. The van der Waals surface area contributed by atoms with Gasteiger partial charge in [-0.1, -0.05) is 0 Å². The van der Waals surface area contributed by atoms with E-state index in [9.17, 15) is 4.79 Å². The highest BCUT2D eigenvalue weighted by Gasteiger charge is 2.32. The molecule has 2 aliphatic heterocycles. The van der Waals surface area contributed by atoms with Crippen molar-refractivity contribution in [3.63, 3.8) is 0 Å². The quantitative estimate of drug-likeness (QED) is 0.824. The molecule has 0 saturated carbocycles. The third-order valence-corrected chi connectivity index (χ3v) is 4.25. The number of hydrogen-bond acceptors (Lipinski definition) is 5. The standard InChI is InChI=1S/C16H17N5O/c1-19-8-12-10-20(11-13(12)9-19)15-5-4-14(7-17-15)21-16(22)3-2-6-18-21/h2-8,13H,9-11H2,1H3. The zero-order valence-electron chi connectivity index (χ0n) is 12.4. The molecule has 4 rings (SSSR count). The number of rotatable bonds is 2. The predicted octanol–water partition coefficient (Wildman–Crippen LogP) is 0.893. The first kappa shape index (κ1) is 13.1. The summed E-state index contributed by atoms with van der Waals surface area (Å²) in [6.45, 7) is 3.03. The van der Waals surface area contributed by atoms with Crippen LogP contribution in [0.1, 0.15) is 0 Å². The van der Waals surface area contributed by atoms with Crippen LogP contribution >= 0.6 is 0 Å². The molecule has 1 fully saturated rings. The Morgan fingerprint density at radius 1 is 1.23 bits per heavy atom. The Kier molecular flexibility index (Phi) is 2.96. The second-order valence-corrected chi connectivity index (χ2v) is 5.87. The van der Waals surface area contributed by atoms with Gasteiger partial charge >= 0.3 is 0 Å². The molecule has 6 heteroatoms. The minimum atomic E-state index is -0.152. The maximum atomic E-state index is 11.8. The van der Waals surface area contributed by atoms with Gasteiger partial charge in [-0.3, -0.25) is 4.79 Å². The van der Waals surface area contributed by atoms with Crippen molar-refractivity contribution in [2.24, 2.45) is 5.92 Å². The van der Waals surface area contributed by atoms with Gasteiger partial charge in [-0.2, -0.15) is 9.78 Å². The summed E-state index contributed by atoms with van der Waals surface area (Å²) in [7, 11) is 2.12. The van der Waals surface area contributed by atoms with Crippen LogP contribution in [0.4, 0.5) is 5.82 Å². The average molecular weight is 295 g/mol. The number of hydrogen-bond donors (Lipinski definition) is 0. The Morgan fingerprint density at radius 2 is 2.14 bits per heavy atom. The van der Waals surface area contributed by atoms with Crippen LogP contribution in [0.5, 0.6) is 0 Å². The summed E-state index contributed by atoms with van der Waals surface area (Å²) in [6, 6.07) is 6.98. The molecular weight excluding hydrogens is 278 g/mol. The summed E-state index contributed by atoms with van der Waals surface area (Å²) < 4.78 is 1.35. The van der Waals surface area contributed by atoms with Gasteiger partial charge in [0.05, 0.1) is 11.9 Å². The van der Waals surface area contributed by atoms with Crippen LogP contribution in [0.15, 0.2) is 53.2 Å². The van der Waals surface area contributed by atoms with Crippen molar-refractivity contribution in [2.45, 2.75) is 0 Å². The molecule has 2 aromatic heterocycles. The largest absolute Gasteiger partial charge is 0.380 e. The van der Waals surface area contributed by atoms with Gasteiger partial charge in [0.25, 0.3) is 5.56 Å². The molecule has 6 nitrogen and oxygen atoms in total. The van der Waals surface area contributed by atoms with Crippen molar-refractivity contribution in [1.82, 2.24) is 19.7 Å². The van der Waals surface area contributed by atoms with Gasteiger partial charge in [-0.25, -0.2) is 4.98 Å². The highest BCUT2D eigenvalue weighted by molar-refractivity contribution is 5.47. The van der Waals surface area contributed by atoms with Gasteiger partial charge in [0, 0.05) is 51.1 Å². The van der Waals surface area contributed by atoms with Crippen molar-refractivity contribution >= 4 is 5.82 Å². The molecular formula is C16H17N5O. The average Bonchev–Trinajstić information content (AvgIpc) is 3.05. The van der Waals surface area contributed by atoms with Crippen molar-refractivity contribution in [2.75, 3.05) is 31.6 Å². The summed E-state index contributed by atoms with van der Waals surface area (Å²) in [5, 5.41) is 4.07. The molecule has 22 heavy (non-hydrogen) atoms. The zero-order valence-corrected chi connectivity index (χ0v) is 12.4. The van der Waals surface area contributed by atoms with E-state index < -0.39 is 0 Å². The van der Waals surface area contributed by atoms with E-state index >= 15 is 0 Å². The molecule has 0 N–H and O–H groups in total. The Hall–Kier alpha value is -2.63. The van der Waals surface area contributed by atoms with Gasteiger partial charge in [0.1, 0.15) is 5.82 Å². The first-order valence-electron chi connectivity index (χ1n) is 7.37. The van der Waals surface area contributed by atoms with Gasteiger partial charge < -0.3 is 9.80 Å². The van der Waals surface area contributed by atoms with Crippen LogP contribution in [0, 0.1) is 5.92 Å². The molecule has 1 saturated heterocycles. The molecule has 0 amide bonds. The van der Waals surface area contributed by atoms with E-state index in [2.05, 4.69) is 33.1 Å². The lowest BCUT2D eigenvalue weighted by Gasteiger charge is -2.19. The molecule has 2 aliphatic rings. The van der Waals surface area contributed by atoms with E-state index in [-0.39, 0.29) is 5.56 Å². The van der Waals surface area contributed by atoms with Crippen LogP contribution in [0.25, 0.3) is 5.69 Å². The Bertz CT molecular complexity index is 780. The Morgan fingerprint density at radius 3 is 2.86 bits per heavy atom. The van der Waals surface area contributed by atoms with Gasteiger partial charge in [0.2, 0.25) is 0 Å². The summed E-state index contributed by atoms with van der Waals surface area (Å²) >= 11 is 0. The number of anilines is 1. The fourth-order valence-corrected chi connectivity index (χ4v) is 3.22. The smallest absolute Gasteiger partial charge is 0.271 e. The summed E-state index contributed by atoms with van der Waals surface area (Å²) in [4.78, 5) is 20.8. The minimum Gasteiger partial charge on any atom is -0.380 e. The van der Waals surface area contributed by atoms with Crippen molar-refractivity contribution < 1.29 is 0 Å². The lowest BCUT2D eigenvalue weighted by molar-refractivity contribution is 0.442. The van der Waals surface area contributed by atoms with Crippen molar-refractivity contribution in [1.29, 1.82) is 0 Å². The summed E-state index contributed by atoms with van der Waals surface area (Å²) in [5.74, 6) is 1.57. The van der Waals surface area contributed by atoms with Crippen molar-refractivity contribution in [3.05, 3.63) is 58.8 Å². The maximum absolute atomic E-state index is 11.8. The third-order valence-electron chi connectivity index (χ3n) is 4.25. The van der Waals surface area contributed by atoms with Crippen LogP contribution < -0.4 is 10.5 Å². The van der Waals surface area contributed by atoms with E-state index in [1.807, 2.05) is 12.1 Å². The van der Waals surface area contributed by atoms with E-state index in [1.54, 1.807) is 18.5 Å². The molecule has 0 bridgehead atoms. The number of fused-ring (bicyclic) bond motifs is 1. The number of nitrogens with zero attached hydrogens (tertiary/aromatic N) is 5. The first-order valence-corrected chi connectivity index (χ1v) is 7.37. The monoisotopic (exact) mass is 295 g/mol. The highest BCUT2D eigenvalue weighted by Crippen LogP contribution is 2.31. The lowest BCUT2D eigenvalue weighted by Crippen LogP contribution is -2.25. The molecule has 0 aliphatic carbocycles. The van der Waals surface area contributed by atoms with E-state index in [4.69, 9.17) is 0 Å². The van der Waals surface area contributed by atoms with E-state index in [0.29, 0.717) is 11.6 Å². The van der Waals surface area contributed by atoms with Crippen molar-refractivity contribution in [3.8, 4) is 5.69 Å². The topological polar surface area (TPSA) is 54.3 Å². The minimum absolute atomic E-state index is 0.152. The molecule has 4 heterocycles. The Balaban J connectivity index is 1.57. The van der Waals surface area contributed by atoms with Gasteiger partial charge in [-0.05, 0) is 23.8 Å². The maximum Gasteiger partial charge on any atom is 0.271 e. The molecule has 2 aromatic rings. The van der Waals surface area contributed by atoms with Gasteiger partial charge in [0.15, 0.2) is 0 Å². The van der Waals surface area contributed by atoms with Crippen LogP contribution in [0.2, 0.25) is 0 Å². The predicted molar refractivity (Wildman–Crippen MR) is 84.0 cm³/mol. The molecule has 0 radical (unpaired) electrons. The third kappa shape index (κ3) is 2.16. The van der Waals surface area contributed by atoms with E-state index in [1.165, 1.54) is 16.3 Å². The van der Waals surface area contributed by atoms with Crippen LogP contribution in [-0.4, -0.2) is 46.3 Å². The lowest BCUT2D eigenvalue weighted by atomic mass is 10.1. The zero-order chi connectivity index (χ0) is 15.1. The van der Waals surface area contributed by atoms with Crippen LogP contribution in [0.3, 0.4) is 0 Å². The molecule has 0 spiro atoms. The molecule has 0 aromatic carbocycles. The number of pyridine rings is 1. The molecule has 1 atom stereocenters. The fourth-order valence-electron chi connectivity index (χ4n) is 3.22. The molecule has 1 unspecified atom stereocenters. The SMILES string of the molecule is CN1C=C2CN(c3ccc(-n4ncccc4=O)cn3)CC2C1. The number of aromatic nitrogens is 3. The second-order valence-electron chi connectivity index (χ2n) is 5.87. The highest BCUT2D eigenvalue weighted by atomic mass is 16.1. The van der Waals surface area contributed by atoms with Gasteiger partial charge in [-0.15, -0.1) is 0 Å².